The van der Waals surface area contributed by atoms with Gasteiger partial charge < -0.3 is 10.0 Å². The van der Waals surface area contributed by atoms with E-state index >= 15 is 0 Å². The first-order chi connectivity index (χ1) is 8.79. The second-order valence-corrected chi connectivity index (χ2v) is 7.11. The van der Waals surface area contributed by atoms with Gasteiger partial charge in [-0.3, -0.25) is 4.79 Å². The number of anilines is 1. The van der Waals surface area contributed by atoms with Crippen molar-refractivity contribution in [1.29, 1.82) is 0 Å². The van der Waals surface area contributed by atoms with Gasteiger partial charge >= 0.3 is 5.97 Å². The molecule has 0 saturated carbocycles. The molecule has 0 spiro atoms. The van der Waals surface area contributed by atoms with Crippen molar-refractivity contribution in [3.63, 3.8) is 0 Å². The van der Waals surface area contributed by atoms with Gasteiger partial charge in [0.15, 0.2) is 9.84 Å². The van der Waals surface area contributed by atoms with E-state index in [1.54, 1.807) is 24.3 Å². The smallest absolute Gasteiger partial charge is 0.308 e. The fourth-order valence-electron chi connectivity index (χ4n) is 2.40. The van der Waals surface area contributed by atoms with E-state index in [-0.39, 0.29) is 16.7 Å². The molecule has 0 aliphatic carbocycles. The number of carboxylic acids is 1. The summed E-state index contributed by atoms with van der Waals surface area (Å²) in [6, 6.07) is 6.58. The fraction of sp³-hybridized carbons (Fsp3) is 0.462. The number of aliphatic carboxylic acids is 1. The lowest BCUT2D eigenvalue weighted by molar-refractivity contribution is -0.142. The van der Waals surface area contributed by atoms with Gasteiger partial charge in [-0.05, 0) is 30.2 Å². The Hall–Kier alpha value is -1.56. The minimum absolute atomic E-state index is 0.0899. The lowest BCUT2D eigenvalue weighted by atomic mass is 9.99. The normalized spacial score (nSPS) is 23.6. The first-order valence-electron chi connectivity index (χ1n) is 6.07. The molecule has 2 rings (SSSR count). The minimum Gasteiger partial charge on any atom is -0.481 e. The van der Waals surface area contributed by atoms with Gasteiger partial charge in [-0.2, -0.15) is 0 Å². The lowest BCUT2D eigenvalue weighted by Gasteiger charge is -2.18. The highest BCUT2D eigenvalue weighted by atomic mass is 32.2. The zero-order chi connectivity index (χ0) is 14.2. The van der Waals surface area contributed by atoms with E-state index in [0.29, 0.717) is 13.1 Å². The second-order valence-electron chi connectivity index (χ2n) is 5.09. The number of nitrogens with zero attached hydrogens (tertiary/aromatic N) is 1. The molecule has 1 aliphatic rings. The Morgan fingerprint density at radius 2 is 1.84 bits per heavy atom. The molecule has 1 aromatic rings. The Labute approximate surface area is 112 Å². The Bertz CT molecular complexity index is 579. The Kier molecular flexibility index (Phi) is 3.54. The zero-order valence-electron chi connectivity index (χ0n) is 10.9. The van der Waals surface area contributed by atoms with Gasteiger partial charge in [0.2, 0.25) is 0 Å². The molecule has 1 N–H and O–H groups in total. The summed E-state index contributed by atoms with van der Waals surface area (Å²) in [7, 11) is -3.19. The molecule has 1 heterocycles. The summed E-state index contributed by atoms with van der Waals surface area (Å²) in [4.78, 5) is 13.3. The largest absolute Gasteiger partial charge is 0.481 e. The van der Waals surface area contributed by atoms with Crippen molar-refractivity contribution in [1.82, 2.24) is 0 Å². The number of carbonyl (C=O) groups is 1. The van der Waals surface area contributed by atoms with Gasteiger partial charge in [0.1, 0.15) is 0 Å². The third kappa shape index (κ3) is 2.89. The SMILES string of the molecule is CC1CN(c2ccc(S(C)(=O)=O)cc2)CC1C(=O)O. The third-order valence-electron chi connectivity index (χ3n) is 3.56. The maximum absolute atomic E-state index is 11.4. The number of carboxylic acid groups (broad SMARTS) is 1. The number of rotatable bonds is 3. The summed E-state index contributed by atoms with van der Waals surface area (Å²) in [6.07, 6.45) is 1.17. The molecular weight excluding hydrogens is 266 g/mol. The topological polar surface area (TPSA) is 74.7 Å². The molecule has 0 bridgehead atoms. The predicted molar refractivity (Wildman–Crippen MR) is 72.1 cm³/mol. The summed E-state index contributed by atoms with van der Waals surface area (Å²) in [5, 5.41) is 9.09. The highest BCUT2D eigenvalue weighted by Gasteiger charge is 2.34. The molecule has 2 unspecified atom stereocenters. The van der Waals surface area contributed by atoms with Crippen molar-refractivity contribution in [2.24, 2.45) is 11.8 Å². The van der Waals surface area contributed by atoms with Crippen LogP contribution < -0.4 is 4.90 Å². The van der Waals surface area contributed by atoms with E-state index in [2.05, 4.69) is 0 Å². The maximum Gasteiger partial charge on any atom is 0.308 e. The molecule has 19 heavy (non-hydrogen) atoms. The van der Waals surface area contributed by atoms with Crippen molar-refractivity contribution in [3.05, 3.63) is 24.3 Å². The van der Waals surface area contributed by atoms with E-state index in [9.17, 15) is 13.2 Å². The standard InChI is InChI=1S/C13H17NO4S/c1-9-7-14(8-12(9)13(15)16)10-3-5-11(6-4-10)19(2,17)18/h3-6,9,12H,7-8H2,1-2H3,(H,15,16). The molecule has 2 atom stereocenters. The van der Waals surface area contributed by atoms with Crippen LogP contribution in [0.4, 0.5) is 5.69 Å². The molecule has 1 aliphatic heterocycles. The summed E-state index contributed by atoms with van der Waals surface area (Å²) in [6.45, 7) is 3.06. The van der Waals surface area contributed by atoms with Crippen LogP contribution in [-0.2, 0) is 14.6 Å². The molecule has 5 nitrogen and oxygen atoms in total. The summed E-state index contributed by atoms with van der Waals surface area (Å²) in [5.41, 5.74) is 0.864. The van der Waals surface area contributed by atoms with Crippen LogP contribution in [-0.4, -0.2) is 38.8 Å². The molecule has 0 amide bonds. The number of hydrogen-bond acceptors (Lipinski definition) is 4. The number of hydrogen-bond donors (Lipinski definition) is 1. The van der Waals surface area contributed by atoms with Crippen LogP contribution in [0.5, 0.6) is 0 Å². The average Bonchev–Trinajstić information content (AvgIpc) is 2.70. The van der Waals surface area contributed by atoms with Crippen molar-refractivity contribution < 1.29 is 18.3 Å². The number of sulfone groups is 1. The molecule has 0 radical (unpaired) electrons. The van der Waals surface area contributed by atoms with Crippen molar-refractivity contribution in [2.45, 2.75) is 11.8 Å². The monoisotopic (exact) mass is 283 g/mol. The highest BCUT2D eigenvalue weighted by molar-refractivity contribution is 7.90. The third-order valence-corrected chi connectivity index (χ3v) is 4.69. The van der Waals surface area contributed by atoms with Crippen molar-refractivity contribution in [3.8, 4) is 0 Å². The van der Waals surface area contributed by atoms with Crippen LogP contribution in [0.2, 0.25) is 0 Å². The fourth-order valence-corrected chi connectivity index (χ4v) is 3.03. The zero-order valence-corrected chi connectivity index (χ0v) is 11.7. The Morgan fingerprint density at radius 3 is 2.26 bits per heavy atom. The van der Waals surface area contributed by atoms with Crippen LogP contribution in [0.1, 0.15) is 6.92 Å². The quantitative estimate of drug-likeness (QED) is 0.903. The number of benzene rings is 1. The Balaban J connectivity index is 2.19. The van der Waals surface area contributed by atoms with Crippen molar-refractivity contribution in [2.75, 3.05) is 24.2 Å². The first-order valence-corrected chi connectivity index (χ1v) is 7.96. The van der Waals surface area contributed by atoms with E-state index in [4.69, 9.17) is 5.11 Å². The second kappa shape index (κ2) is 4.85. The van der Waals surface area contributed by atoms with E-state index in [1.165, 1.54) is 6.26 Å². The van der Waals surface area contributed by atoms with Gasteiger partial charge in [-0.1, -0.05) is 6.92 Å². The molecule has 0 aromatic heterocycles. The molecule has 1 aromatic carbocycles. The molecule has 104 valence electrons. The predicted octanol–water partition coefficient (Wildman–Crippen LogP) is 1.25. The molecule has 1 fully saturated rings. The van der Waals surface area contributed by atoms with E-state index < -0.39 is 15.8 Å². The van der Waals surface area contributed by atoms with E-state index in [0.717, 1.165) is 5.69 Å². The van der Waals surface area contributed by atoms with Gasteiger partial charge in [-0.15, -0.1) is 0 Å². The van der Waals surface area contributed by atoms with Crippen LogP contribution in [0.3, 0.4) is 0 Å². The summed E-state index contributed by atoms with van der Waals surface area (Å²) < 4.78 is 22.7. The average molecular weight is 283 g/mol. The van der Waals surface area contributed by atoms with Crippen molar-refractivity contribution >= 4 is 21.5 Å². The van der Waals surface area contributed by atoms with Gasteiger partial charge in [0.25, 0.3) is 0 Å². The molecular formula is C13H17NO4S. The highest BCUT2D eigenvalue weighted by Crippen LogP contribution is 2.28. The minimum atomic E-state index is -3.19. The van der Waals surface area contributed by atoms with Crippen LogP contribution >= 0.6 is 0 Å². The molecule has 1 saturated heterocycles. The summed E-state index contributed by atoms with van der Waals surface area (Å²) in [5.74, 6) is -1.05. The lowest BCUT2D eigenvalue weighted by Crippen LogP contribution is -2.23. The summed E-state index contributed by atoms with van der Waals surface area (Å²) >= 11 is 0. The van der Waals surface area contributed by atoms with Gasteiger partial charge in [0.05, 0.1) is 10.8 Å². The van der Waals surface area contributed by atoms with Crippen LogP contribution in [0.15, 0.2) is 29.2 Å². The molecule has 6 heteroatoms. The van der Waals surface area contributed by atoms with Gasteiger partial charge in [-0.25, -0.2) is 8.42 Å². The Morgan fingerprint density at radius 1 is 1.26 bits per heavy atom. The first kappa shape index (κ1) is 13.9. The van der Waals surface area contributed by atoms with E-state index in [1.807, 2.05) is 11.8 Å². The van der Waals surface area contributed by atoms with Crippen LogP contribution in [0.25, 0.3) is 0 Å². The van der Waals surface area contributed by atoms with Crippen LogP contribution in [0, 0.1) is 11.8 Å². The maximum atomic E-state index is 11.4. The van der Waals surface area contributed by atoms with Gasteiger partial charge in [0, 0.05) is 25.0 Å².